The molecule has 4 nitrogen and oxygen atoms in total. The van der Waals surface area contributed by atoms with Crippen molar-refractivity contribution < 1.29 is 5.11 Å². The second-order valence-electron chi connectivity index (χ2n) is 3.98. The van der Waals surface area contributed by atoms with Gasteiger partial charge in [-0.25, -0.2) is 9.67 Å². The van der Waals surface area contributed by atoms with Gasteiger partial charge in [-0.3, -0.25) is 0 Å². The van der Waals surface area contributed by atoms with Gasteiger partial charge >= 0.3 is 0 Å². The molecule has 1 aromatic heterocycles. The van der Waals surface area contributed by atoms with Crippen LogP contribution in [-0.2, 0) is 5.60 Å². The number of benzene rings is 1. The molecule has 0 aliphatic carbocycles. The highest BCUT2D eigenvalue weighted by atomic mass is 32.2. The third-order valence-electron chi connectivity index (χ3n) is 2.74. The van der Waals surface area contributed by atoms with Crippen LogP contribution in [0.5, 0.6) is 0 Å². The number of aromatic nitrogens is 3. The van der Waals surface area contributed by atoms with Crippen molar-refractivity contribution in [1.29, 1.82) is 0 Å². The van der Waals surface area contributed by atoms with E-state index in [1.54, 1.807) is 17.9 Å². The van der Waals surface area contributed by atoms with Gasteiger partial charge in [0.15, 0.2) is 0 Å². The van der Waals surface area contributed by atoms with E-state index < -0.39 is 5.60 Å². The highest BCUT2D eigenvalue weighted by molar-refractivity contribution is 7.98. The minimum absolute atomic E-state index is 0.201. The molecule has 0 saturated carbocycles. The van der Waals surface area contributed by atoms with Crippen LogP contribution in [0.4, 0.5) is 0 Å². The Morgan fingerprint density at radius 3 is 2.59 bits per heavy atom. The molecule has 0 bridgehead atoms. The predicted octanol–water partition coefficient (Wildman–Crippen LogP) is 2.05. The van der Waals surface area contributed by atoms with Crippen LogP contribution < -0.4 is 0 Å². The number of thioether (sulfide) groups is 1. The Balaban J connectivity index is 2.37. The van der Waals surface area contributed by atoms with Gasteiger partial charge in [-0.15, -0.1) is 11.8 Å². The maximum absolute atomic E-state index is 10.7. The van der Waals surface area contributed by atoms with E-state index in [0.29, 0.717) is 0 Å². The van der Waals surface area contributed by atoms with Gasteiger partial charge in [0, 0.05) is 0 Å². The van der Waals surface area contributed by atoms with E-state index in [2.05, 4.69) is 10.1 Å². The number of rotatable bonds is 4. The summed E-state index contributed by atoms with van der Waals surface area (Å²) in [6.45, 7) is 1.80. The van der Waals surface area contributed by atoms with Gasteiger partial charge in [0.05, 0.1) is 0 Å². The predicted molar refractivity (Wildman–Crippen MR) is 68.6 cm³/mol. The van der Waals surface area contributed by atoms with Crippen LogP contribution in [0.1, 0.15) is 17.9 Å². The first-order valence-electron chi connectivity index (χ1n) is 5.31. The Morgan fingerprint density at radius 2 is 2.06 bits per heavy atom. The van der Waals surface area contributed by atoms with Crippen LogP contribution in [0, 0.1) is 0 Å². The summed E-state index contributed by atoms with van der Waals surface area (Å²) in [5.41, 5.74) is -0.121. The van der Waals surface area contributed by atoms with Crippen LogP contribution >= 0.6 is 11.8 Å². The van der Waals surface area contributed by atoms with Crippen LogP contribution in [0.3, 0.4) is 0 Å². The van der Waals surface area contributed by atoms with Crippen molar-refractivity contribution in [1.82, 2.24) is 14.8 Å². The van der Waals surface area contributed by atoms with E-state index in [1.807, 2.05) is 36.6 Å². The molecule has 2 rings (SSSR count). The topological polar surface area (TPSA) is 50.9 Å². The van der Waals surface area contributed by atoms with E-state index in [0.717, 1.165) is 5.56 Å². The molecule has 0 amide bonds. The fourth-order valence-electron chi connectivity index (χ4n) is 1.85. The molecule has 2 unspecified atom stereocenters. The molecule has 2 atom stereocenters. The van der Waals surface area contributed by atoms with Crippen molar-refractivity contribution in [2.75, 3.05) is 6.26 Å². The zero-order valence-corrected chi connectivity index (χ0v) is 10.6. The highest BCUT2D eigenvalue weighted by Gasteiger charge is 2.35. The second-order valence-corrected chi connectivity index (χ2v) is 4.90. The standard InChI is InChI=1S/C12H15N3OS/c1-12(16,10-6-4-3-5-7-10)11(17-2)15-9-13-8-14-15/h3-9,11,16H,1-2H3. The first-order chi connectivity index (χ1) is 8.16. The maximum atomic E-state index is 10.7. The molecule has 0 spiro atoms. The van der Waals surface area contributed by atoms with E-state index in [-0.39, 0.29) is 5.37 Å². The lowest BCUT2D eigenvalue weighted by atomic mass is 9.96. The second kappa shape index (κ2) is 4.89. The van der Waals surface area contributed by atoms with E-state index in [9.17, 15) is 5.11 Å². The average molecular weight is 249 g/mol. The normalized spacial score (nSPS) is 16.4. The van der Waals surface area contributed by atoms with Crippen LogP contribution in [0.15, 0.2) is 43.0 Å². The quantitative estimate of drug-likeness (QED) is 0.901. The number of hydrogen-bond donors (Lipinski definition) is 1. The molecule has 5 heteroatoms. The fourth-order valence-corrected chi connectivity index (χ4v) is 2.77. The van der Waals surface area contributed by atoms with Crippen molar-refractivity contribution in [3.05, 3.63) is 48.5 Å². The molecule has 1 aromatic carbocycles. The van der Waals surface area contributed by atoms with Gasteiger partial charge in [0.1, 0.15) is 23.6 Å². The molecule has 90 valence electrons. The summed E-state index contributed by atoms with van der Waals surface area (Å²) in [5.74, 6) is 0. The third kappa shape index (κ3) is 2.35. The van der Waals surface area contributed by atoms with Crippen molar-refractivity contribution in [3.8, 4) is 0 Å². The van der Waals surface area contributed by atoms with Gasteiger partial charge in [-0.2, -0.15) is 5.10 Å². The lowest BCUT2D eigenvalue weighted by molar-refractivity contribution is 0.0304. The molecular weight excluding hydrogens is 234 g/mol. The number of nitrogens with zero attached hydrogens (tertiary/aromatic N) is 3. The van der Waals surface area contributed by atoms with Crippen molar-refractivity contribution in [2.24, 2.45) is 0 Å². The summed E-state index contributed by atoms with van der Waals surface area (Å²) in [6.07, 6.45) is 5.05. The smallest absolute Gasteiger partial charge is 0.137 e. The average Bonchev–Trinajstić information content (AvgIpc) is 2.84. The Kier molecular flexibility index (Phi) is 3.49. The van der Waals surface area contributed by atoms with Gasteiger partial charge in [0.25, 0.3) is 0 Å². The first-order valence-corrected chi connectivity index (χ1v) is 6.60. The lowest BCUT2D eigenvalue weighted by Crippen LogP contribution is -2.32. The Hall–Kier alpha value is -1.33. The molecule has 17 heavy (non-hydrogen) atoms. The van der Waals surface area contributed by atoms with E-state index >= 15 is 0 Å². The molecule has 1 heterocycles. The number of aliphatic hydroxyl groups is 1. The zero-order valence-electron chi connectivity index (χ0n) is 9.82. The third-order valence-corrected chi connectivity index (χ3v) is 3.86. The minimum Gasteiger partial charge on any atom is -0.382 e. The van der Waals surface area contributed by atoms with Crippen molar-refractivity contribution in [3.63, 3.8) is 0 Å². The molecule has 2 aromatic rings. The van der Waals surface area contributed by atoms with Crippen LogP contribution in [-0.4, -0.2) is 26.1 Å². The fraction of sp³-hybridized carbons (Fsp3) is 0.333. The first kappa shape index (κ1) is 12.1. The summed E-state index contributed by atoms with van der Waals surface area (Å²) in [5, 5.41) is 14.6. The van der Waals surface area contributed by atoms with Gasteiger partial charge in [0.2, 0.25) is 0 Å². The molecule has 0 fully saturated rings. The summed E-state index contributed by atoms with van der Waals surface area (Å²) in [7, 11) is 0. The zero-order chi connectivity index (χ0) is 12.3. The van der Waals surface area contributed by atoms with E-state index in [4.69, 9.17) is 0 Å². The summed E-state index contributed by atoms with van der Waals surface area (Å²) in [6, 6.07) is 9.61. The van der Waals surface area contributed by atoms with Gasteiger partial charge < -0.3 is 5.11 Å². The SMILES string of the molecule is CSC(n1cncn1)C(C)(O)c1ccccc1. The molecule has 1 N–H and O–H groups in total. The summed E-state index contributed by atoms with van der Waals surface area (Å²) < 4.78 is 1.68. The Labute approximate surface area is 105 Å². The molecule has 0 saturated heterocycles. The van der Waals surface area contributed by atoms with Crippen molar-refractivity contribution in [2.45, 2.75) is 17.9 Å². The monoisotopic (exact) mass is 249 g/mol. The molecular formula is C12H15N3OS. The Morgan fingerprint density at radius 1 is 1.35 bits per heavy atom. The van der Waals surface area contributed by atoms with E-state index in [1.165, 1.54) is 18.1 Å². The van der Waals surface area contributed by atoms with Crippen LogP contribution in [0.2, 0.25) is 0 Å². The Bertz CT molecular complexity index is 456. The van der Waals surface area contributed by atoms with Gasteiger partial charge in [-0.1, -0.05) is 30.3 Å². The lowest BCUT2D eigenvalue weighted by Gasteiger charge is -2.31. The summed E-state index contributed by atoms with van der Waals surface area (Å²) >= 11 is 1.54. The largest absolute Gasteiger partial charge is 0.382 e. The number of hydrogen-bond acceptors (Lipinski definition) is 4. The molecule has 0 aliphatic heterocycles. The maximum Gasteiger partial charge on any atom is 0.137 e. The minimum atomic E-state index is -0.992. The molecule has 0 radical (unpaired) electrons. The highest BCUT2D eigenvalue weighted by Crippen LogP contribution is 2.38. The van der Waals surface area contributed by atoms with Gasteiger partial charge in [-0.05, 0) is 18.7 Å². The van der Waals surface area contributed by atoms with Crippen LogP contribution in [0.25, 0.3) is 0 Å². The molecule has 0 aliphatic rings. The summed E-state index contributed by atoms with van der Waals surface area (Å²) in [4.78, 5) is 3.93. The van der Waals surface area contributed by atoms with Crippen molar-refractivity contribution >= 4 is 11.8 Å².